The second kappa shape index (κ2) is 5.21. The third-order valence-corrected chi connectivity index (χ3v) is 5.66. The van der Waals surface area contributed by atoms with E-state index in [2.05, 4.69) is 60.6 Å². The molecule has 2 atom stereocenters. The van der Waals surface area contributed by atoms with E-state index >= 15 is 0 Å². The summed E-state index contributed by atoms with van der Waals surface area (Å²) in [5, 5.41) is 10.5. The lowest BCUT2D eigenvalue weighted by atomic mass is 9.60. The van der Waals surface area contributed by atoms with Gasteiger partial charge in [-0.15, -0.1) is 0 Å². The minimum Gasteiger partial charge on any atom is -0.392 e. The molecule has 0 saturated carbocycles. The van der Waals surface area contributed by atoms with Crippen molar-refractivity contribution in [2.24, 2.45) is 22.2 Å². The van der Waals surface area contributed by atoms with Gasteiger partial charge in [0.1, 0.15) is 0 Å². The van der Waals surface area contributed by atoms with Crippen molar-refractivity contribution in [3.8, 4) is 0 Å². The molecule has 0 aromatic rings. The minimum atomic E-state index is -0.262. The highest BCUT2D eigenvalue weighted by atomic mass is 32.1. The quantitative estimate of drug-likeness (QED) is 0.687. The Balaban J connectivity index is 0.00000200. The lowest BCUT2D eigenvalue weighted by Gasteiger charge is -2.47. The Morgan fingerprint density at radius 1 is 1.10 bits per heavy atom. The molecule has 0 saturated heterocycles. The minimum absolute atomic E-state index is 0. The van der Waals surface area contributed by atoms with E-state index < -0.39 is 0 Å². The van der Waals surface area contributed by atoms with Crippen LogP contribution in [0.5, 0.6) is 0 Å². The van der Waals surface area contributed by atoms with Gasteiger partial charge in [0.15, 0.2) is 0 Å². The normalized spacial score (nSPS) is 34.0. The summed E-state index contributed by atoms with van der Waals surface area (Å²) in [6.45, 7) is 15.7. The highest BCUT2D eigenvalue weighted by Gasteiger charge is 2.46. The molecule has 0 fully saturated rings. The van der Waals surface area contributed by atoms with Crippen LogP contribution in [0.2, 0.25) is 0 Å². The van der Waals surface area contributed by atoms with Crippen LogP contribution < -0.4 is 0 Å². The van der Waals surface area contributed by atoms with E-state index in [1.807, 2.05) is 0 Å². The van der Waals surface area contributed by atoms with Crippen molar-refractivity contribution < 1.29 is 5.11 Å². The summed E-state index contributed by atoms with van der Waals surface area (Å²) in [6, 6.07) is 0. The van der Waals surface area contributed by atoms with Crippen LogP contribution in [0.1, 0.15) is 61.3 Å². The van der Waals surface area contributed by atoms with Gasteiger partial charge in [-0.3, -0.25) is 0 Å². The molecular weight excluding hydrogens is 264 g/mol. The maximum absolute atomic E-state index is 10.5. The average molecular weight is 297 g/mol. The molecule has 2 aliphatic rings. The summed E-state index contributed by atoms with van der Waals surface area (Å²) in [6.07, 6.45) is 6.68. The van der Waals surface area contributed by atoms with Crippen molar-refractivity contribution in [1.29, 1.82) is 0 Å². The lowest BCUT2D eigenvalue weighted by Crippen LogP contribution is -2.45. The molecule has 20 heavy (non-hydrogen) atoms. The first-order valence-corrected chi connectivity index (χ1v) is 7.55. The Hall–Kier alpha value is -0.210. The molecular formula is C18H32OS. The molecule has 1 nitrogen and oxygen atoms in total. The van der Waals surface area contributed by atoms with Crippen molar-refractivity contribution in [2.45, 2.75) is 67.4 Å². The van der Waals surface area contributed by atoms with Gasteiger partial charge in [-0.1, -0.05) is 64.8 Å². The third-order valence-electron chi connectivity index (χ3n) is 5.66. The number of rotatable bonds is 1. The fourth-order valence-electron chi connectivity index (χ4n) is 4.20. The van der Waals surface area contributed by atoms with Gasteiger partial charge < -0.3 is 5.11 Å². The van der Waals surface area contributed by atoms with Crippen molar-refractivity contribution >= 4 is 13.5 Å². The molecule has 2 aliphatic carbocycles. The van der Waals surface area contributed by atoms with E-state index in [9.17, 15) is 5.11 Å². The van der Waals surface area contributed by atoms with E-state index in [-0.39, 0.29) is 35.8 Å². The zero-order chi connectivity index (χ0) is 14.6. The van der Waals surface area contributed by atoms with E-state index in [1.54, 1.807) is 5.57 Å². The average Bonchev–Trinajstić information content (AvgIpc) is 2.50. The second-order valence-corrected chi connectivity index (χ2v) is 8.51. The molecule has 0 aromatic heterocycles. The van der Waals surface area contributed by atoms with Gasteiger partial charge in [0, 0.05) is 5.41 Å². The van der Waals surface area contributed by atoms with Crippen LogP contribution in [-0.2, 0) is 0 Å². The molecule has 0 spiro atoms. The van der Waals surface area contributed by atoms with Gasteiger partial charge in [-0.2, -0.15) is 13.5 Å². The maximum Gasteiger partial charge on any atom is 0.0679 e. The molecule has 2 rings (SSSR count). The lowest BCUT2D eigenvalue weighted by molar-refractivity contribution is -0.0309. The molecule has 0 aliphatic heterocycles. The van der Waals surface area contributed by atoms with E-state index in [1.165, 1.54) is 5.57 Å². The smallest absolute Gasteiger partial charge is 0.0679 e. The van der Waals surface area contributed by atoms with Crippen LogP contribution in [-0.4, -0.2) is 11.2 Å². The van der Waals surface area contributed by atoms with Crippen LogP contribution in [0.25, 0.3) is 0 Å². The summed E-state index contributed by atoms with van der Waals surface area (Å²) >= 11 is 0. The number of hydrogen-bond donors (Lipinski definition) is 1. The summed E-state index contributed by atoms with van der Waals surface area (Å²) < 4.78 is 0. The molecule has 2 heteroatoms. The summed E-state index contributed by atoms with van der Waals surface area (Å²) in [5.41, 5.74) is 3.18. The monoisotopic (exact) mass is 296 g/mol. The van der Waals surface area contributed by atoms with Crippen LogP contribution in [0, 0.1) is 22.2 Å². The zero-order valence-electron chi connectivity index (χ0n) is 14.2. The molecule has 1 N–H and O–H groups in total. The second-order valence-electron chi connectivity index (χ2n) is 8.51. The molecule has 0 heterocycles. The van der Waals surface area contributed by atoms with Crippen molar-refractivity contribution in [2.75, 3.05) is 0 Å². The number of aliphatic hydroxyl groups excluding tert-OH is 1. The largest absolute Gasteiger partial charge is 0.392 e. The topological polar surface area (TPSA) is 20.2 Å². The summed E-state index contributed by atoms with van der Waals surface area (Å²) in [4.78, 5) is 0. The fraction of sp³-hybridized carbons (Fsp3) is 0.778. The predicted molar refractivity (Wildman–Crippen MR) is 92.3 cm³/mol. The van der Waals surface area contributed by atoms with E-state index in [0.717, 1.165) is 12.8 Å². The Morgan fingerprint density at radius 2 is 1.65 bits per heavy atom. The molecule has 2 unspecified atom stereocenters. The number of allylic oxidation sites excluding steroid dienone is 3. The predicted octanol–water partition coefficient (Wildman–Crippen LogP) is 4.84. The number of hydrogen-bond acceptors (Lipinski definition) is 1. The fourth-order valence-corrected chi connectivity index (χ4v) is 4.20. The zero-order valence-corrected chi connectivity index (χ0v) is 15.2. The molecule has 0 radical (unpaired) electrons. The van der Waals surface area contributed by atoms with Crippen molar-refractivity contribution in [3.05, 3.63) is 23.3 Å². The summed E-state index contributed by atoms with van der Waals surface area (Å²) in [7, 11) is 0. The molecule has 0 bridgehead atoms. The highest BCUT2D eigenvalue weighted by Crippen LogP contribution is 2.53. The van der Waals surface area contributed by atoms with Gasteiger partial charge in [-0.25, -0.2) is 0 Å². The Kier molecular flexibility index (Phi) is 4.65. The summed E-state index contributed by atoms with van der Waals surface area (Å²) in [5.74, 6) is 0.610. The van der Waals surface area contributed by atoms with Gasteiger partial charge in [0.05, 0.1) is 6.10 Å². The van der Waals surface area contributed by atoms with E-state index in [4.69, 9.17) is 0 Å². The van der Waals surface area contributed by atoms with E-state index in [0.29, 0.717) is 5.92 Å². The molecule has 116 valence electrons. The maximum atomic E-state index is 10.5. The number of aliphatic hydroxyl groups is 1. The van der Waals surface area contributed by atoms with Crippen LogP contribution >= 0.6 is 13.5 Å². The van der Waals surface area contributed by atoms with Gasteiger partial charge in [0.25, 0.3) is 0 Å². The SMILES string of the molecule is CC1=CCC(C2=CC(C)(C)C(O)C(C)(C)C2)C1(C)C.S. The Morgan fingerprint density at radius 3 is 2.05 bits per heavy atom. The van der Waals surface area contributed by atoms with Gasteiger partial charge in [-0.05, 0) is 36.5 Å². The Bertz CT molecular complexity index is 440. The van der Waals surface area contributed by atoms with Crippen molar-refractivity contribution in [3.63, 3.8) is 0 Å². The third kappa shape index (κ3) is 2.74. The highest BCUT2D eigenvalue weighted by molar-refractivity contribution is 7.59. The Labute approximate surface area is 132 Å². The first-order valence-electron chi connectivity index (χ1n) is 7.55. The first kappa shape index (κ1) is 17.8. The molecule has 0 aromatic carbocycles. The van der Waals surface area contributed by atoms with Crippen LogP contribution in [0.3, 0.4) is 0 Å². The van der Waals surface area contributed by atoms with Crippen LogP contribution in [0.4, 0.5) is 0 Å². The van der Waals surface area contributed by atoms with Gasteiger partial charge in [0.2, 0.25) is 0 Å². The standard InChI is InChI=1S/C18H30O.H2S/c1-12-8-9-14(18(12,6)7)13-10-16(2,3)15(19)17(4,5)11-13;/h8,10,14-15,19H,9,11H2,1-7H3;1H2. The van der Waals surface area contributed by atoms with Gasteiger partial charge >= 0.3 is 0 Å². The van der Waals surface area contributed by atoms with Crippen LogP contribution in [0.15, 0.2) is 23.3 Å². The molecule has 0 amide bonds. The first-order chi connectivity index (χ1) is 8.48. The van der Waals surface area contributed by atoms with Crippen molar-refractivity contribution in [1.82, 2.24) is 0 Å².